The number of nitrogens with zero attached hydrogens (tertiary/aromatic N) is 1. The standard InChI is InChI=1S/C12H16Cl2N4O3S.ClH/c1-2-3-4-17-22(20,21)9-6-7(5-8(13)10(9)14)11(19)18-12(15)16;/h5-6,17H,2-4H2,1H3,(H4,15,16,18,19);1H. The molecule has 11 heteroatoms. The molecule has 5 N–H and O–H groups in total. The highest BCUT2D eigenvalue weighted by atomic mass is 35.5. The first-order valence-corrected chi connectivity index (χ1v) is 8.55. The SMILES string of the molecule is CCCCNS(=O)(=O)c1cc(C(=O)N=C(N)N)cc(Cl)c1Cl.Cl. The molecule has 0 saturated heterocycles. The second-order valence-corrected chi connectivity index (χ2v) is 6.88. The Kier molecular flexibility index (Phi) is 8.86. The number of hydrogen-bond donors (Lipinski definition) is 3. The van der Waals surface area contributed by atoms with Gasteiger partial charge in [0.15, 0.2) is 5.96 Å². The molecule has 7 nitrogen and oxygen atoms in total. The fraction of sp³-hybridized carbons (Fsp3) is 0.333. The maximum atomic E-state index is 12.2. The van der Waals surface area contributed by atoms with Gasteiger partial charge in [0.05, 0.1) is 10.0 Å². The Morgan fingerprint density at radius 3 is 2.43 bits per heavy atom. The lowest BCUT2D eigenvalue weighted by molar-refractivity contribution is 0.100. The highest BCUT2D eigenvalue weighted by molar-refractivity contribution is 7.89. The minimum atomic E-state index is -3.90. The molecule has 0 saturated carbocycles. The molecular formula is C12H17Cl3N4O3S. The van der Waals surface area contributed by atoms with Crippen molar-refractivity contribution in [3.05, 3.63) is 27.7 Å². The Labute approximate surface area is 150 Å². The van der Waals surface area contributed by atoms with E-state index >= 15 is 0 Å². The van der Waals surface area contributed by atoms with Gasteiger partial charge < -0.3 is 11.5 Å². The van der Waals surface area contributed by atoms with Gasteiger partial charge in [-0.1, -0.05) is 36.5 Å². The second-order valence-electron chi connectivity index (χ2n) is 4.36. The molecule has 0 fully saturated rings. The van der Waals surface area contributed by atoms with Gasteiger partial charge in [0.25, 0.3) is 5.91 Å². The zero-order valence-electron chi connectivity index (χ0n) is 12.2. The molecular weight excluding hydrogens is 387 g/mol. The molecule has 0 bridgehead atoms. The molecule has 0 atom stereocenters. The van der Waals surface area contributed by atoms with Gasteiger partial charge in [-0.05, 0) is 18.6 Å². The number of halogens is 3. The summed E-state index contributed by atoms with van der Waals surface area (Å²) in [6.45, 7) is 2.17. The maximum absolute atomic E-state index is 12.2. The monoisotopic (exact) mass is 402 g/mol. The molecule has 1 amide bonds. The first-order valence-electron chi connectivity index (χ1n) is 6.31. The van der Waals surface area contributed by atoms with Crippen molar-refractivity contribution < 1.29 is 13.2 Å². The van der Waals surface area contributed by atoms with Crippen LogP contribution in [0.2, 0.25) is 10.0 Å². The Hall–Kier alpha value is -1.06. The van der Waals surface area contributed by atoms with Crippen molar-refractivity contribution in [1.29, 1.82) is 0 Å². The number of aliphatic imine (C=N–C) groups is 1. The maximum Gasteiger partial charge on any atom is 0.280 e. The third-order valence-electron chi connectivity index (χ3n) is 2.58. The predicted molar refractivity (Wildman–Crippen MR) is 93.9 cm³/mol. The number of rotatable bonds is 6. The average Bonchev–Trinajstić information content (AvgIpc) is 2.40. The van der Waals surface area contributed by atoms with Crippen molar-refractivity contribution in [3.8, 4) is 0 Å². The van der Waals surface area contributed by atoms with Gasteiger partial charge in [0.1, 0.15) is 4.90 Å². The van der Waals surface area contributed by atoms with Crippen LogP contribution in [0.4, 0.5) is 0 Å². The van der Waals surface area contributed by atoms with Crippen LogP contribution in [0.3, 0.4) is 0 Å². The van der Waals surface area contributed by atoms with Crippen LogP contribution in [0.5, 0.6) is 0 Å². The molecule has 23 heavy (non-hydrogen) atoms. The Balaban J connectivity index is 0.00000484. The number of hydrogen-bond acceptors (Lipinski definition) is 3. The molecule has 0 unspecified atom stereocenters. The Bertz CT molecular complexity index is 704. The van der Waals surface area contributed by atoms with Gasteiger partial charge >= 0.3 is 0 Å². The zero-order chi connectivity index (χ0) is 16.9. The van der Waals surface area contributed by atoms with E-state index in [0.29, 0.717) is 6.42 Å². The van der Waals surface area contributed by atoms with Crippen molar-refractivity contribution in [3.63, 3.8) is 0 Å². The number of carbonyl (C=O) groups is 1. The highest BCUT2D eigenvalue weighted by Gasteiger charge is 2.22. The van der Waals surface area contributed by atoms with Crippen molar-refractivity contribution in [2.24, 2.45) is 16.5 Å². The highest BCUT2D eigenvalue weighted by Crippen LogP contribution is 2.31. The van der Waals surface area contributed by atoms with Crippen molar-refractivity contribution in [2.45, 2.75) is 24.7 Å². The average molecular weight is 404 g/mol. The molecule has 0 aromatic heterocycles. The first-order chi connectivity index (χ1) is 10.2. The first kappa shape index (κ1) is 21.9. The van der Waals surface area contributed by atoms with Crippen LogP contribution in [0, 0.1) is 0 Å². The van der Waals surface area contributed by atoms with Crippen molar-refractivity contribution >= 4 is 57.5 Å². The van der Waals surface area contributed by atoms with Crippen LogP contribution in [-0.2, 0) is 10.0 Å². The van der Waals surface area contributed by atoms with Gasteiger partial charge in [-0.3, -0.25) is 4.79 Å². The van der Waals surface area contributed by atoms with Crippen LogP contribution in [0.1, 0.15) is 30.1 Å². The number of carbonyl (C=O) groups excluding carboxylic acids is 1. The smallest absolute Gasteiger partial charge is 0.280 e. The molecule has 0 aliphatic carbocycles. The van der Waals surface area contributed by atoms with E-state index in [1.165, 1.54) is 6.07 Å². The topological polar surface area (TPSA) is 128 Å². The summed E-state index contributed by atoms with van der Waals surface area (Å²) < 4.78 is 26.8. The normalized spacial score (nSPS) is 10.7. The zero-order valence-corrected chi connectivity index (χ0v) is 15.3. The minimum absolute atomic E-state index is 0. The van der Waals surface area contributed by atoms with Crippen LogP contribution < -0.4 is 16.2 Å². The van der Waals surface area contributed by atoms with E-state index in [0.717, 1.165) is 12.5 Å². The van der Waals surface area contributed by atoms with E-state index < -0.39 is 21.9 Å². The van der Waals surface area contributed by atoms with E-state index in [-0.39, 0.29) is 39.5 Å². The number of sulfonamides is 1. The molecule has 0 aliphatic rings. The summed E-state index contributed by atoms with van der Waals surface area (Å²) >= 11 is 11.8. The Morgan fingerprint density at radius 1 is 1.30 bits per heavy atom. The molecule has 130 valence electrons. The molecule has 0 spiro atoms. The summed E-state index contributed by atoms with van der Waals surface area (Å²) in [7, 11) is -3.90. The van der Waals surface area contributed by atoms with Crippen LogP contribution in [0.15, 0.2) is 22.0 Å². The summed E-state index contributed by atoms with van der Waals surface area (Å²) in [5.74, 6) is -1.26. The number of unbranched alkanes of at least 4 members (excludes halogenated alkanes) is 1. The largest absolute Gasteiger partial charge is 0.370 e. The van der Waals surface area contributed by atoms with Gasteiger partial charge in [0, 0.05) is 12.1 Å². The Morgan fingerprint density at radius 2 is 1.91 bits per heavy atom. The summed E-state index contributed by atoms with van der Waals surface area (Å²) in [4.78, 5) is 14.8. The van der Waals surface area contributed by atoms with Crippen molar-refractivity contribution in [2.75, 3.05) is 6.54 Å². The fourth-order valence-corrected chi connectivity index (χ4v) is 3.41. The van der Waals surface area contributed by atoms with Gasteiger partial charge in [-0.15, -0.1) is 12.4 Å². The number of benzene rings is 1. The summed E-state index contributed by atoms with van der Waals surface area (Å²) in [6, 6.07) is 2.28. The van der Waals surface area contributed by atoms with Gasteiger partial charge in [-0.25, -0.2) is 13.1 Å². The number of nitrogens with two attached hydrogens (primary N) is 2. The van der Waals surface area contributed by atoms with E-state index in [2.05, 4.69) is 9.71 Å². The lowest BCUT2D eigenvalue weighted by atomic mass is 10.2. The predicted octanol–water partition coefficient (Wildman–Crippen LogP) is 1.91. The third-order valence-corrected chi connectivity index (χ3v) is 4.98. The summed E-state index contributed by atoms with van der Waals surface area (Å²) in [5.41, 5.74) is 10.2. The fourth-order valence-electron chi connectivity index (χ4n) is 1.53. The summed E-state index contributed by atoms with van der Waals surface area (Å²) in [6.07, 6.45) is 1.48. The minimum Gasteiger partial charge on any atom is -0.370 e. The lowest BCUT2D eigenvalue weighted by Crippen LogP contribution is -2.26. The van der Waals surface area contributed by atoms with E-state index in [9.17, 15) is 13.2 Å². The van der Waals surface area contributed by atoms with Gasteiger partial charge in [-0.2, -0.15) is 4.99 Å². The molecule has 1 rings (SSSR count). The molecule has 0 aliphatic heterocycles. The number of guanidine groups is 1. The third kappa shape index (κ3) is 6.15. The lowest BCUT2D eigenvalue weighted by Gasteiger charge is -2.10. The van der Waals surface area contributed by atoms with E-state index in [1.807, 2.05) is 6.92 Å². The van der Waals surface area contributed by atoms with Gasteiger partial charge in [0.2, 0.25) is 10.0 Å². The van der Waals surface area contributed by atoms with E-state index in [4.69, 9.17) is 34.7 Å². The summed E-state index contributed by atoms with van der Waals surface area (Å²) in [5, 5.41) is -0.263. The van der Waals surface area contributed by atoms with Crippen LogP contribution in [-0.4, -0.2) is 26.8 Å². The molecule has 0 radical (unpaired) electrons. The molecule has 0 heterocycles. The van der Waals surface area contributed by atoms with E-state index in [1.54, 1.807) is 0 Å². The van der Waals surface area contributed by atoms with Crippen molar-refractivity contribution in [1.82, 2.24) is 4.72 Å². The van der Waals surface area contributed by atoms with Crippen LogP contribution >= 0.6 is 35.6 Å². The number of amides is 1. The molecule has 1 aromatic rings. The quantitative estimate of drug-likeness (QED) is 0.380. The van der Waals surface area contributed by atoms with Crippen LogP contribution in [0.25, 0.3) is 0 Å². The molecule has 1 aromatic carbocycles. The second kappa shape index (κ2) is 9.29. The number of nitrogens with one attached hydrogen (secondary N) is 1.